The number of hydrogen-bond acceptors (Lipinski definition) is 3. The molecule has 0 radical (unpaired) electrons. The van der Waals surface area contributed by atoms with Gasteiger partial charge in [0, 0.05) is 23.2 Å². The molecule has 1 atom stereocenters. The zero-order valence-corrected chi connectivity index (χ0v) is 17.9. The molecule has 2 aliphatic rings. The predicted molar refractivity (Wildman–Crippen MR) is 119 cm³/mol. The van der Waals surface area contributed by atoms with Gasteiger partial charge in [0.05, 0.1) is 11.4 Å². The maximum absolute atomic E-state index is 14.0. The average molecular weight is 404 g/mol. The number of para-hydroxylation sites is 1. The molecule has 1 saturated carbocycles. The third kappa shape index (κ3) is 3.13. The van der Waals surface area contributed by atoms with Crippen LogP contribution >= 0.6 is 0 Å². The van der Waals surface area contributed by atoms with Crippen LogP contribution in [-0.2, 0) is 15.1 Å². The Morgan fingerprint density at radius 1 is 1.10 bits per heavy atom. The molecule has 2 heterocycles. The lowest BCUT2D eigenvalue weighted by Gasteiger charge is -2.40. The maximum Gasteiger partial charge on any atom is 0.257 e. The second-order valence-corrected chi connectivity index (χ2v) is 9.28. The molecule has 30 heavy (non-hydrogen) atoms. The minimum absolute atomic E-state index is 0.0201. The summed E-state index contributed by atoms with van der Waals surface area (Å²) in [5, 5.41) is 3.11. The van der Waals surface area contributed by atoms with E-state index in [9.17, 15) is 9.59 Å². The van der Waals surface area contributed by atoms with E-state index >= 15 is 0 Å². The van der Waals surface area contributed by atoms with Gasteiger partial charge < -0.3 is 5.32 Å². The fourth-order valence-electron chi connectivity index (χ4n) is 4.71. The van der Waals surface area contributed by atoms with Crippen LogP contribution in [0.5, 0.6) is 0 Å². The molecule has 2 aromatic rings. The van der Waals surface area contributed by atoms with Crippen molar-refractivity contribution in [2.45, 2.75) is 57.5 Å². The topological polar surface area (TPSA) is 62.3 Å². The number of benzene rings is 1. The summed E-state index contributed by atoms with van der Waals surface area (Å²) >= 11 is 0. The largest absolute Gasteiger partial charge is 0.349 e. The Morgan fingerprint density at radius 2 is 1.77 bits per heavy atom. The van der Waals surface area contributed by atoms with Crippen LogP contribution in [0.4, 0.5) is 5.69 Å². The van der Waals surface area contributed by atoms with Crippen LogP contribution in [0.15, 0.2) is 55.2 Å². The summed E-state index contributed by atoms with van der Waals surface area (Å²) in [6.07, 6.45) is 5.44. The Balaban J connectivity index is 1.97. The summed E-state index contributed by atoms with van der Waals surface area (Å²) < 4.78 is 0. The molecular formula is C25H29N3O2. The number of nitrogens with zero attached hydrogens (tertiary/aromatic N) is 2. The molecule has 4 rings (SSSR count). The van der Waals surface area contributed by atoms with Crippen molar-refractivity contribution in [2.24, 2.45) is 5.92 Å². The van der Waals surface area contributed by atoms with Gasteiger partial charge in [0.25, 0.3) is 5.91 Å². The highest BCUT2D eigenvalue weighted by Crippen LogP contribution is 2.53. The van der Waals surface area contributed by atoms with E-state index in [0.717, 1.165) is 36.9 Å². The molecule has 1 N–H and O–H groups in total. The first kappa shape index (κ1) is 20.3. The second-order valence-electron chi connectivity index (χ2n) is 9.28. The van der Waals surface area contributed by atoms with E-state index in [4.69, 9.17) is 0 Å². The van der Waals surface area contributed by atoms with Crippen LogP contribution in [-0.4, -0.2) is 22.3 Å². The second kappa shape index (κ2) is 7.38. The fraction of sp³-hybridized carbons (Fsp3) is 0.400. The Hall–Kier alpha value is -2.95. The molecule has 1 unspecified atom stereocenters. The van der Waals surface area contributed by atoms with Gasteiger partial charge in [0.15, 0.2) is 5.54 Å². The van der Waals surface area contributed by atoms with Gasteiger partial charge in [-0.3, -0.25) is 19.5 Å². The third-order valence-electron chi connectivity index (χ3n) is 6.02. The van der Waals surface area contributed by atoms with Crippen LogP contribution in [0.3, 0.4) is 0 Å². The SMILES string of the molecule is C=C1c2ccccc2N(C(=O)C2CCCC2)C1(C(=O)NC(C)(C)C)c1ccccn1. The van der Waals surface area contributed by atoms with Crippen molar-refractivity contribution in [1.82, 2.24) is 10.3 Å². The Labute approximate surface area is 178 Å². The first-order valence-corrected chi connectivity index (χ1v) is 10.6. The van der Waals surface area contributed by atoms with Crippen molar-refractivity contribution in [3.63, 3.8) is 0 Å². The molecule has 0 spiro atoms. The van der Waals surface area contributed by atoms with Crippen molar-refractivity contribution in [1.29, 1.82) is 0 Å². The molecule has 5 heteroatoms. The van der Waals surface area contributed by atoms with Crippen molar-refractivity contribution < 1.29 is 9.59 Å². The average Bonchev–Trinajstić information content (AvgIpc) is 3.33. The number of fused-ring (bicyclic) bond motifs is 1. The van der Waals surface area contributed by atoms with Gasteiger partial charge in [-0.1, -0.05) is 43.7 Å². The van der Waals surface area contributed by atoms with Crippen LogP contribution in [0, 0.1) is 5.92 Å². The highest BCUT2D eigenvalue weighted by atomic mass is 16.2. The van der Waals surface area contributed by atoms with Crippen molar-refractivity contribution in [3.8, 4) is 0 Å². The Bertz CT molecular complexity index is 987. The molecule has 5 nitrogen and oxygen atoms in total. The number of nitrogens with one attached hydrogen (secondary N) is 1. The molecule has 1 aliphatic heterocycles. The van der Waals surface area contributed by atoms with Gasteiger partial charge in [-0.15, -0.1) is 0 Å². The van der Waals surface area contributed by atoms with E-state index < -0.39 is 11.1 Å². The normalized spacial score (nSPS) is 21.6. The monoisotopic (exact) mass is 403 g/mol. The van der Waals surface area contributed by atoms with E-state index in [1.807, 2.05) is 63.2 Å². The highest BCUT2D eigenvalue weighted by molar-refractivity contribution is 6.18. The van der Waals surface area contributed by atoms with Gasteiger partial charge in [0.2, 0.25) is 5.91 Å². The van der Waals surface area contributed by atoms with E-state index in [-0.39, 0.29) is 17.7 Å². The van der Waals surface area contributed by atoms with E-state index in [0.29, 0.717) is 11.3 Å². The van der Waals surface area contributed by atoms with E-state index in [1.165, 1.54) is 0 Å². The highest BCUT2D eigenvalue weighted by Gasteiger charge is 2.58. The summed E-state index contributed by atoms with van der Waals surface area (Å²) in [6.45, 7) is 10.1. The number of anilines is 1. The Morgan fingerprint density at radius 3 is 2.40 bits per heavy atom. The van der Waals surface area contributed by atoms with Gasteiger partial charge in [-0.05, 0) is 57.4 Å². The van der Waals surface area contributed by atoms with Gasteiger partial charge in [-0.2, -0.15) is 0 Å². The smallest absolute Gasteiger partial charge is 0.257 e. The van der Waals surface area contributed by atoms with E-state index in [1.54, 1.807) is 11.1 Å². The number of rotatable bonds is 3. The van der Waals surface area contributed by atoms with Crippen LogP contribution < -0.4 is 10.2 Å². The van der Waals surface area contributed by atoms with Crippen LogP contribution in [0.2, 0.25) is 0 Å². The lowest BCUT2D eigenvalue weighted by Crippen LogP contribution is -2.60. The predicted octanol–water partition coefficient (Wildman–Crippen LogP) is 4.44. The molecule has 0 bridgehead atoms. The maximum atomic E-state index is 14.0. The molecular weight excluding hydrogens is 374 g/mol. The number of amides is 2. The lowest BCUT2D eigenvalue weighted by atomic mass is 9.83. The molecule has 1 fully saturated rings. The zero-order chi connectivity index (χ0) is 21.5. The lowest BCUT2D eigenvalue weighted by molar-refractivity contribution is -0.131. The summed E-state index contributed by atoms with van der Waals surface area (Å²) in [6, 6.07) is 13.1. The fourth-order valence-corrected chi connectivity index (χ4v) is 4.71. The van der Waals surface area contributed by atoms with E-state index in [2.05, 4.69) is 16.9 Å². The molecule has 2 amide bonds. The molecule has 1 aromatic carbocycles. The minimum atomic E-state index is -1.40. The number of pyridine rings is 1. The third-order valence-corrected chi connectivity index (χ3v) is 6.02. The molecule has 1 aliphatic carbocycles. The minimum Gasteiger partial charge on any atom is -0.349 e. The first-order valence-electron chi connectivity index (χ1n) is 10.6. The number of hydrogen-bond donors (Lipinski definition) is 1. The van der Waals surface area contributed by atoms with Gasteiger partial charge in [-0.25, -0.2) is 0 Å². The van der Waals surface area contributed by atoms with Crippen molar-refractivity contribution in [3.05, 3.63) is 66.5 Å². The Kier molecular flexibility index (Phi) is 5.00. The van der Waals surface area contributed by atoms with Gasteiger partial charge >= 0.3 is 0 Å². The first-order chi connectivity index (χ1) is 14.3. The number of aromatic nitrogens is 1. The summed E-state index contributed by atoms with van der Waals surface area (Å²) in [5.41, 5.74) is 0.769. The van der Waals surface area contributed by atoms with Crippen LogP contribution in [0.25, 0.3) is 5.57 Å². The molecule has 156 valence electrons. The molecule has 1 aromatic heterocycles. The quantitative estimate of drug-likeness (QED) is 0.824. The summed E-state index contributed by atoms with van der Waals surface area (Å²) in [4.78, 5) is 34.1. The summed E-state index contributed by atoms with van der Waals surface area (Å²) in [5.74, 6) is -0.385. The summed E-state index contributed by atoms with van der Waals surface area (Å²) in [7, 11) is 0. The van der Waals surface area contributed by atoms with Crippen molar-refractivity contribution >= 4 is 23.1 Å². The molecule has 0 saturated heterocycles. The zero-order valence-electron chi connectivity index (χ0n) is 17.9. The number of carbonyl (C=O) groups excluding carboxylic acids is 2. The standard InChI is InChI=1S/C25H29N3O2/c1-17-19-13-7-8-14-20(19)28(22(29)18-11-5-6-12-18)25(17,21-15-9-10-16-26-21)23(30)27-24(2,3)4/h7-10,13-16,18H,1,5-6,11-12H2,2-4H3,(H,27,30). The van der Waals surface area contributed by atoms with Gasteiger partial charge in [0.1, 0.15) is 0 Å². The van der Waals surface area contributed by atoms with Crippen LogP contribution in [0.1, 0.15) is 57.7 Å². The number of carbonyl (C=O) groups is 2. The van der Waals surface area contributed by atoms with Crippen molar-refractivity contribution in [2.75, 3.05) is 4.90 Å².